The molecule has 0 aliphatic heterocycles. The second-order valence-electron chi connectivity index (χ2n) is 6.20. The fourth-order valence-electron chi connectivity index (χ4n) is 3.06. The Morgan fingerprint density at radius 2 is 1.92 bits per heavy atom. The maximum Gasteiger partial charge on any atom is 0.331 e. The van der Waals surface area contributed by atoms with Gasteiger partial charge in [-0.2, -0.15) is 0 Å². The Kier molecular flexibility index (Phi) is 6.08. The van der Waals surface area contributed by atoms with E-state index in [0.717, 1.165) is 30.4 Å². The first-order valence-electron chi connectivity index (χ1n) is 8.59. The lowest BCUT2D eigenvalue weighted by Gasteiger charge is -2.26. The summed E-state index contributed by atoms with van der Waals surface area (Å²) in [6, 6.07) is 15.2. The van der Waals surface area contributed by atoms with Gasteiger partial charge in [0.2, 0.25) is 0 Å². The van der Waals surface area contributed by atoms with Crippen molar-refractivity contribution in [3.63, 3.8) is 0 Å². The summed E-state index contributed by atoms with van der Waals surface area (Å²) in [5, 5.41) is 3.59. The van der Waals surface area contributed by atoms with Gasteiger partial charge in [0, 0.05) is 11.1 Å². The summed E-state index contributed by atoms with van der Waals surface area (Å²) in [5.41, 5.74) is 3.25. The first-order valence-corrected chi connectivity index (χ1v) is 8.97. The largest absolute Gasteiger partial charge is 0.452 e. The second kappa shape index (κ2) is 8.68. The normalized spacial score (nSPS) is 16.1. The van der Waals surface area contributed by atoms with E-state index in [1.165, 1.54) is 11.6 Å². The number of aryl methyl sites for hydroxylation is 1. The van der Waals surface area contributed by atoms with Gasteiger partial charge in [-0.3, -0.25) is 4.79 Å². The van der Waals surface area contributed by atoms with Crippen molar-refractivity contribution in [3.8, 4) is 0 Å². The molecule has 0 aromatic heterocycles. The van der Waals surface area contributed by atoms with Crippen LogP contribution in [0, 0.1) is 0 Å². The van der Waals surface area contributed by atoms with Crippen LogP contribution in [0.3, 0.4) is 0 Å². The number of rotatable bonds is 5. The van der Waals surface area contributed by atoms with Gasteiger partial charge in [-0.1, -0.05) is 48.0 Å². The van der Waals surface area contributed by atoms with Gasteiger partial charge in [-0.15, -0.1) is 0 Å². The lowest BCUT2D eigenvalue weighted by Crippen LogP contribution is -2.34. The van der Waals surface area contributed by atoms with E-state index in [2.05, 4.69) is 11.4 Å². The number of esters is 1. The molecule has 2 aromatic rings. The molecule has 1 N–H and O–H groups in total. The number of carbonyl (C=O) groups excluding carboxylic acids is 2. The lowest BCUT2D eigenvalue weighted by molar-refractivity contribution is -0.144. The maximum absolute atomic E-state index is 12.1. The summed E-state index contributed by atoms with van der Waals surface area (Å²) < 4.78 is 5.01. The Bertz CT molecular complexity index is 814. The van der Waals surface area contributed by atoms with Crippen LogP contribution in [0.1, 0.15) is 35.6 Å². The molecule has 2 aromatic carbocycles. The van der Waals surface area contributed by atoms with E-state index >= 15 is 0 Å². The molecule has 0 bridgehead atoms. The zero-order chi connectivity index (χ0) is 18.4. The standard InChI is InChI=1S/C21H20ClNO3/c22-17-11-8-15(9-12-17)10-13-21(25)26-14-20(24)23-19-7-3-5-16-4-1-2-6-18(16)19/h1-2,4,6,8-13,19H,3,5,7,14H2,(H,23,24)/b13-10+. The molecular weight excluding hydrogens is 350 g/mol. The minimum absolute atomic E-state index is 0.0178. The summed E-state index contributed by atoms with van der Waals surface area (Å²) in [6.07, 6.45) is 5.88. The molecule has 1 aliphatic carbocycles. The van der Waals surface area contributed by atoms with Crippen molar-refractivity contribution in [1.29, 1.82) is 0 Å². The minimum Gasteiger partial charge on any atom is -0.452 e. The Morgan fingerprint density at radius 1 is 1.15 bits per heavy atom. The molecule has 0 saturated carbocycles. The van der Waals surface area contributed by atoms with Crippen LogP contribution in [-0.4, -0.2) is 18.5 Å². The number of hydrogen-bond acceptors (Lipinski definition) is 3. The zero-order valence-corrected chi connectivity index (χ0v) is 15.0. The highest BCUT2D eigenvalue weighted by Crippen LogP contribution is 2.29. The number of benzene rings is 2. The van der Waals surface area contributed by atoms with E-state index in [9.17, 15) is 9.59 Å². The van der Waals surface area contributed by atoms with Crippen LogP contribution in [-0.2, 0) is 20.7 Å². The third-order valence-corrected chi connectivity index (χ3v) is 4.58. The van der Waals surface area contributed by atoms with Gasteiger partial charge in [-0.25, -0.2) is 4.79 Å². The molecule has 26 heavy (non-hydrogen) atoms. The van der Waals surface area contributed by atoms with Crippen LogP contribution in [0.4, 0.5) is 0 Å². The summed E-state index contributed by atoms with van der Waals surface area (Å²) >= 11 is 5.81. The Labute approximate surface area is 157 Å². The number of amides is 1. The third-order valence-electron chi connectivity index (χ3n) is 4.33. The smallest absolute Gasteiger partial charge is 0.331 e. The highest BCUT2D eigenvalue weighted by atomic mass is 35.5. The van der Waals surface area contributed by atoms with E-state index in [4.69, 9.17) is 16.3 Å². The van der Waals surface area contributed by atoms with Crippen LogP contribution in [0.25, 0.3) is 6.08 Å². The Hall–Kier alpha value is -2.59. The van der Waals surface area contributed by atoms with Crippen molar-refractivity contribution in [2.75, 3.05) is 6.61 Å². The Balaban J connectivity index is 1.48. The van der Waals surface area contributed by atoms with Crippen molar-refractivity contribution < 1.29 is 14.3 Å². The van der Waals surface area contributed by atoms with Gasteiger partial charge in [0.1, 0.15) is 0 Å². The van der Waals surface area contributed by atoms with E-state index in [1.807, 2.05) is 18.2 Å². The van der Waals surface area contributed by atoms with Crippen molar-refractivity contribution in [1.82, 2.24) is 5.32 Å². The number of carbonyl (C=O) groups is 2. The molecule has 3 rings (SSSR count). The summed E-state index contributed by atoms with van der Waals surface area (Å²) in [5.74, 6) is -0.848. The van der Waals surface area contributed by atoms with Gasteiger partial charge in [0.05, 0.1) is 6.04 Å². The van der Waals surface area contributed by atoms with Gasteiger partial charge >= 0.3 is 5.97 Å². The summed E-state index contributed by atoms with van der Waals surface area (Å²) in [6.45, 7) is -0.289. The number of nitrogens with one attached hydrogen (secondary N) is 1. The van der Waals surface area contributed by atoms with E-state index in [1.54, 1.807) is 30.3 Å². The molecule has 1 aliphatic rings. The number of fused-ring (bicyclic) bond motifs is 1. The van der Waals surface area contributed by atoms with Gasteiger partial charge in [0.15, 0.2) is 6.61 Å². The Morgan fingerprint density at radius 3 is 2.73 bits per heavy atom. The monoisotopic (exact) mass is 369 g/mol. The van der Waals surface area contributed by atoms with E-state index in [-0.39, 0.29) is 18.6 Å². The minimum atomic E-state index is -0.556. The van der Waals surface area contributed by atoms with Crippen molar-refractivity contribution in [2.24, 2.45) is 0 Å². The quantitative estimate of drug-likeness (QED) is 0.638. The molecule has 1 amide bonds. The van der Waals surface area contributed by atoms with Crippen LogP contribution in [0.15, 0.2) is 54.6 Å². The molecule has 4 nitrogen and oxygen atoms in total. The van der Waals surface area contributed by atoms with E-state index in [0.29, 0.717) is 5.02 Å². The SMILES string of the molecule is O=C(COC(=O)/C=C/c1ccc(Cl)cc1)NC1CCCc2ccccc21. The molecular formula is C21H20ClNO3. The molecule has 1 unspecified atom stereocenters. The zero-order valence-electron chi connectivity index (χ0n) is 14.3. The fourth-order valence-corrected chi connectivity index (χ4v) is 3.19. The predicted molar refractivity (Wildman–Crippen MR) is 102 cm³/mol. The number of halogens is 1. The van der Waals surface area contributed by atoms with Gasteiger partial charge < -0.3 is 10.1 Å². The van der Waals surface area contributed by atoms with Crippen LogP contribution >= 0.6 is 11.6 Å². The number of hydrogen-bond donors (Lipinski definition) is 1. The maximum atomic E-state index is 12.1. The van der Waals surface area contributed by atoms with Crippen molar-refractivity contribution in [2.45, 2.75) is 25.3 Å². The van der Waals surface area contributed by atoms with Crippen LogP contribution < -0.4 is 5.32 Å². The van der Waals surface area contributed by atoms with Crippen LogP contribution in [0.5, 0.6) is 0 Å². The predicted octanol–water partition coefficient (Wildman–Crippen LogP) is 4.09. The molecule has 0 heterocycles. The summed E-state index contributed by atoms with van der Waals surface area (Å²) in [4.78, 5) is 23.9. The van der Waals surface area contributed by atoms with E-state index < -0.39 is 5.97 Å². The van der Waals surface area contributed by atoms with Gasteiger partial charge in [-0.05, 0) is 54.2 Å². The molecule has 134 valence electrons. The lowest BCUT2D eigenvalue weighted by atomic mass is 9.88. The van der Waals surface area contributed by atoms with Gasteiger partial charge in [0.25, 0.3) is 5.91 Å². The molecule has 5 heteroatoms. The average Bonchev–Trinajstić information content (AvgIpc) is 2.66. The topological polar surface area (TPSA) is 55.4 Å². The highest BCUT2D eigenvalue weighted by Gasteiger charge is 2.21. The van der Waals surface area contributed by atoms with Crippen molar-refractivity contribution >= 4 is 29.6 Å². The highest BCUT2D eigenvalue weighted by molar-refractivity contribution is 6.30. The molecule has 0 saturated heterocycles. The van der Waals surface area contributed by atoms with Crippen molar-refractivity contribution in [3.05, 3.63) is 76.3 Å². The second-order valence-corrected chi connectivity index (χ2v) is 6.64. The summed E-state index contributed by atoms with van der Waals surface area (Å²) in [7, 11) is 0. The first-order chi connectivity index (χ1) is 12.6. The molecule has 0 spiro atoms. The first kappa shape index (κ1) is 18.2. The molecule has 0 radical (unpaired) electrons. The molecule has 0 fully saturated rings. The molecule has 1 atom stereocenters. The number of ether oxygens (including phenoxy) is 1. The third kappa shape index (κ3) is 4.96. The average molecular weight is 370 g/mol. The van der Waals surface area contributed by atoms with Crippen LogP contribution in [0.2, 0.25) is 5.02 Å². The fraction of sp³-hybridized carbons (Fsp3) is 0.238.